The number of aryl methyl sites for hydroxylation is 1. The molecule has 1 aliphatic heterocycles. The zero-order chi connectivity index (χ0) is 8.55. The minimum atomic E-state index is 0.448. The molecule has 0 radical (unpaired) electrons. The first-order valence-corrected chi connectivity index (χ1v) is 5.13. The van der Waals surface area contributed by atoms with E-state index in [9.17, 15) is 5.11 Å². The fourth-order valence-corrected chi connectivity index (χ4v) is 2.67. The molecule has 0 spiro atoms. The van der Waals surface area contributed by atoms with Gasteiger partial charge >= 0.3 is 0 Å². The van der Waals surface area contributed by atoms with Crippen LogP contribution in [0.25, 0.3) is 0 Å². The molecule has 1 unspecified atom stereocenters. The monoisotopic (exact) mass is 180 g/mol. The van der Waals surface area contributed by atoms with E-state index in [2.05, 4.69) is 13.0 Å². The molecule has 12 heavy (non-hydrogen) atoms. The van der Waals surface area contributed by atoms with Crippen molar-refractivity contribution in [2.24, 2.45) is 0 Å². The molecule has 1 aromatic rings. The fourth-order valence-electron chi connectivity index (χ4n) is 1.52. The van der Waals surface area contributed by atoms with E-state index in [0.29, 0.717) is 11.0 Å². The summed E-state index contributed by atoms with van der Waals surface area (Å²) < 4.78 is 0. The largest absolute Gasteiger partial charge is 0.507 e. The fraction of sp³-hybridized carbons (Fsp3) is 0.400. The summed E-state index contributed by atoms with van der Waals surface area (Å²) in [5, 5.41) is 10.2. The molecule has 0 fully saturated rings. The van der Waals surface area contributed by atoms with Crippen molar-refractivity contribution in [3.8, 4) is 5.75 Å². The molecule has 1 aliphatic rings. The number of hydrogen-bond donors (Lipinski definition) is 1. The van der Waals surface area contributed by atoms with Crippen molar-refractivity contribution in [1.29, 1.82) is 0 Å². The number of thioether (sulfide) groups is 1. The van der Waals surface area contributed by atoms with Crippen LogP contribution in [0.4, 0.5) is 0 Å². The Hall–Kier alpha value is -0.630. The SMILES string of the molecule is CC1CCc2cccc(O)c2S1. The van der Waals surface area contributed by atoms with Crippen molar-refractivity contribution in [2.45, 2.75) is 29.9 Å². The minimum absolute atomic E-state index is 0.448. The highest BCUT2D eigenvalue weighted by Crippen LogP contribution is 2.40. The maximum absolute atomic E-state index is 9.55. The lowest BCUT2D eigenvalue weighted by molar-refractivity contribution is 0.459. The normalized spacial score (nSPS) is 21.9. The summed E-state index contributed by atoms with van der Waals surface area (Å²) in [5.74, 6) is 0.448. The molecule has 0 aliphatic carbocycles. The highest BCUT2D eigenvalue weighted by Gasteiger charge is 2.17. The Morgan fingerprint density at radius 2 is 2.33 bits per heavy atom. The van der Waals surface area contributed by atoms with Gasteiger partial charge in [-0.1, -0.05) is 19.1 Å². The van der Waals surface area contributed by atoms with E-state index >= 15 is 0 Å². The number of phenols is 1. The summed E-state index contributed by atoms with van der Waals surface area (Å²) in [6.07, 6.45) is 2.33. The Bertz CT molecular complexity index is 296. The highest BCUT2D eigenvalue weighted by atomic mass is 32.2. The third-order valence-electron chi connectivity index (χ3n) is 2.22. The average Bonchev–Trinajstić information content (AvgIpc) is 2.07. The van der Waals surface area contributed by atoms with Crippen molar-refractivity contribution < 1.29 is 5.11 Å². The van der Waals surface area contributed by atoms with Crippen molar-refractivity contribution >= 4 is 11.8 Å². The van der Waals surface area contributed by atoms with E-state index in [1.54, 1.807) is 17.8 Å². The average molecular weight is 180 g/mol. The maximum Gasteiger partial charge on any atom is 0.129 e. The van der Waals surface area contributed by atoms with Crippen LogP contribution in [-0.2, 0) is 6.42 Å². The van der Waals surface area contributed by atoms with Gasteiger partial charge in [0.25, 0.3) is 0 Å². The molecule has 1 aromatic carbocycles. The van der Waals surface area contributed by atoms with Crippen LogP contribution < -0.4 is 0 Å². The number of phenolic OH excluding ortho intramolecular Hbond substituents is 1. The molecule has 0 saturated carbocycles. The molecule has 0 amide bonds. The van der Waals surface area contributed by atoms with Crippen LogP contribution in [-0.4, -0.2) is 10.4 Å². The lowest BCUT2D eigenvalue weighted by Gasteiger charge is -2.21. The number of hydrogen-bond acceptors (Lipinski definition) is 2. The van der Waals surface area contributed by atoms with Gasteiger partial charge in [0.2, 0.25) is 0 Å². The Morgan fingerprint density at radius 1 is 1.50 bits per heavy atom. The lowest BCUT2D eigenvalue weighted by atomic mass is 10.1. The van der Waals surface area contributed by atoms with E-state index in [1.807, 2.05) is 6.07 Å². The molecule has 0 aromatic heterocycles. The predicted molar refractivity (Wildman–Crippen MR) is 51.7 cm³/mol. The summed E-state index contributed by atoms with van der Waals surface area (Å²) in [6, 6.07) is 5.79. The number of fused-ring (bicyclic) bond motifs is 1. The van der Waals surface area contributed by atoms with Crippen molar-refractivity contribution in [1.82, 2.24) is 0 Å². The molecule has 1 N–H and O–H groups in total. The van der Waals surface area contributed by atoms with Crippen molar-refractivity contribution in [3.63, 3.8) is 0 Å². The molecule has 1 nitrogen and oxygen atoms in total. The van der Waals surface area contributed by atoms with Gasteiger partial charge in [0.1, 0.15) is 5.75 Å². The zero-order valence-corrected chi connectivity index (χ0v) is 7.90. The molecule has 0 bridgehead atoms. The van der Waals surface area contributed by atoms with Crippen molar-refractivity contribution in [3.05, 3.63) is 23.8 Å². The standard InChI is InChI=1S/C10H12OS/c1-7-5-6-8-3-2-4-9(11)10(8)12-7/h2-4,7,11H,5-6H2,1H3. The minimum Gasteiger partial charge on any atom is -0.507 e. The van der Waals surface area contributed by atoms with Crippen LogP contribution in [0.3, 0.4) is 0 Å². The van der Waals surface area contributed by atoms with Gasteiger partial charge in [0, 0.05) is 5.25 Å². The summed E-state index contributed by atoms with van der Waals surface area (Å²) in [7, 11) is 0. The van der Waals surface area contributed by atoms with Crippen LogP contribution in [0.1, 0.15) is 18.9 Å². The number of rotatable bonds is 0. The van der Waals surface area contributed by atoms with Gasteiger partial charge in [-0.05, 0) is 24.5 Å². The van der Waals surface area contributed by atoms with Crippen LogP contribution in [0, 0.1) is 0 Å². The van der Waals surface area contributed by atoms with Gasteiger partial charge < -0.3 is 5.11 Å². The van der Waals surface area contributed by atoms with Gasteiger partial charge in [0.15, 0.2) is 0 Å². The Balaban J connectivity index is 2.43. The Kier molecular flexibility index (Phi) is 2.01. The van der Waals surface area contributed by atoms with Crippen molar-refractivity contribution in [2.75, 3.05) is 0 Å². The molecule has 0 saturated heterocycles. The highest BCUT2D eigenvalue weighted by molar-refractivity contribution is 8.00. The maximum atomic E-state index is 9.55. The van der Waals surface area contributed by atoms with E-state index in [1.165, 1.54) is 12.0 Å². The second kappa shape index (κ2) is 3.02. The van der Waals surface area contributed by atoms with Gasteiger partial charge in [-0.2, -0.15) is 0 Å². The van der Waals surface area contributed by atoms with Crippen LogP contribution in [0.2, 0.25) is 0 Å². The second-order valence-corrected chi connectivity index (χ2v) is 4.68. The molecule has 2 heteroatoms. The van der Waals surface area contributed by atoms with Crippen LogP contribution in [0.15, 0.2) is 23.1 Å². The first-order chi connectivity index (χ1) is 5.77. The van der Waals surface area contributed by atoms with E-state index in [0.717, 1.165) is 11.3 Å². The van der Waals surface area contributed by atoms with Crippen LogP contribution in [0.5, 0.6) is 5.75 Å². The second-order valence-electron chi connectivity index (χ2n) is 3.23. The van der Waals surface area contributed by atoms with Gasteiger partial charge in [-0.25, -0.2) is 0 Å². The third kappa shape index (κ3) is 1.31. The molecule has 64 valence electrons. The Morgan fingerprint density at radius 3 is 3.17 bits per heavy atom. The Labute approximate surface area is 76.8 Å². The van der Waals surface area contributed by atoms with E-state index in [-0.39, 0.29) is 0 Å². The summed E-state index contributed by atoms with van der Waals surface area (Å²) in [4.78, 5) is 1.09. The first-order valence-electron chi connectivity index (χ1n) is 4.25. The predicted octanol–water partition coefficient (Wildman–Crippen LogP) is 2.82. The molecule has 1 atom stereocenters. The molecule has 2 rings (SSSR count). The smallest absolute Gasteiger partial charge is 0.129 e. The quantitative estimate of drug-likeness (QED) is 0.662. The summed E-state index contributed by atoms with van der Waals surface area (Å²) in [5.41, 5.74) is 1.30. The summed E-state index contributed by atoms with van der Waals surface area (Å²) in [6.45, 7) is 2.21. The van der Waals surface area contributed by atoms with Crippen LogP contribution >= 0.6 is 11.8 Å². The zero-order valence-electron chi connectivity index (χ0n) is 7.08. The third-order valence-corrected chi connectivity index (χ3v) is 3.56. The molecular weight excluding hydrogens is 168 g/mol. The first kappa shape index (κ1) is 7.99. The van der Waals surface area contributed by atoms with Gasteiger partial charge in [0.05, 0.1) is 4.90 Å². The summed E-state index contributed by atoms with van der Waals surface area (Å²) >= 11 is 1.79. The van der Waals surface area contributed by atoms with E-state index in [4.69, 9.17) is 0 Å². The topological polar surface area (TPSA) is 20.2 Å². The van der Waals surface area contributed by atoms with Gasteiger partial charge in [-0.3, -0.25) is 0 Å². The lowest BCUT2D eigenvalue weighted by Crippen LogP contribution is -2.06. The molecule has 1 heterocycles. The number of benzene rings is 1. The molecular formula is C10H12OS. The van der Waals surface area contributed by atoms with E-state index < -0.39 is 0 Å². The number of aromatic hydroxyl groups is 1. The van der Waals surface area contributed by atoms with Gasteiger partial charge in [-0.15, -0.1) is 11.8 Å².